The summed E-state index contributed by atoms with van der Waals surface area (Å²) < 4.78 is 6.76. The fourth-order valence-electron chi connectivity index (χ4n) is 7.22. The van der Waals surface area contributed by atoms with Gasteiger partial charge < -0.3 is 9.84 Å². The van der Waals surface area contributed by atoms with E-state index in [2.05, 4.69) is 24.0 Å². The van der Waals surface area contributed by atoms with E-state index in [1.807, 2.05) is 12.1 Å². The number of hydrogen-bond donors (Lipinski definition) is 1. The molecular formula is C21H25NO3. The van der Waals surface area contributed by atoms with Crippen LogP contribution in [0, 0.1) is 36.5 Å². The molecule has 0 spiro atoms. The second-order valence-electron chi connectivity index (χ2n) is 8.88. The number of amides is 1. The van der Waals surface area contributed by atoms with Gasteiger partial charge in [0.15, 0.2) is 5.72 Å². The first kappa shape index (κ1) is 14.7. The Bertz CT molecular complexity index is 757. The first-order valence-corrected chi connectivity index (χ1v) is 9.90. The van der Waals surface area contributed by atoms with E-state index >= 15 is 0 Å². The summed E-state index contributed by atoms with van der Waals surface area (Å²) in [5.74, 6) is 1.31. The fourth-order valence-corrected chi connectivity index (χ4v) is 7.22. The fraction of sp³-hybridized carbons (Fsp3) is 0.667. The van der Waals surface area contributed by atoms with Crippen molar-refractivity contribution < 1.29 is 14.6 Å². The number of benzene rings is 1. The van der Waals surface area contributed by atoms with E-state index in [9.17, 15) is 9.90 Å². The highest BCUT2D eigenvalue weighted by atomic mass is 16.6. The lowest BCUT2D eigenvalue weighted by molar-refractivity contribution is -0.138. The average molecular weight is 339 g/mol. The van der Waals surface area contributed by atoms with Crippen LogP contribution in [0.2, 0.25) is 0 Å². The van der Waals surface area contributed by atoms with Crippen molar-refractivity contribution in [1.82, 2.24) is 0 Å². The van der Waals surface area contributed by atoms with Crippen LogP contribution in [0.4, 0.5) is 5.69 Å². The summed E-state index contributed by atoms with van der Waals surface area (Å²) in [6.07, 6.45) is 5.19. The van der Waals surface area contributed by atoms with Crippen molar-refractivity contribution in [2.75, 3.05) is 4.90 Å². The normalized spacial score (nSPS) is 47.4. The molecule has 1 aromatic rings. The summed E-state index contributed by atoms with van der Waals surface area (Å²) in [6, 6.07) is 8.21. The van der Waals surface area contributed by atoms with Gasteiger partial charge in [-0.15, -0.1) is 0 Å². The van der Waals surface area contributed by atoms with E-state index in [4.69, 9.17) is 4.74 Å². The number of aryl methyl sites for hydroxylation is 1. The lowest BCUT2D eigenvalue weighted by atomic mass is 9.73. The summed E-state index contributed by atoms with van der Waals surface area (Å²) in [6.45, 7) is 2.08. The molecule has 2 saturated heterocycles. The molecule has 2 heterocycles. The van der Waals surface area contributed by atoms with Gasteiger partial charge in [-0.2, -0.15) is 0 Å². The molecule has 5 fully saturated rings. The molecule has 25 heavy (non-hydrogen) atoms. The van der Waals surface area contributed by atoms with Crippen molar-refractivity contribution in [2.24, 2.45) is 29.6 Å². The van der Waals surface area contributed by atoms with Crippen LogP contribution in [0.1, 0.15) is 37.7 Å². The van der Waals surface area contributed by atoms with Crippen molar-refractivity contribution in [3.8, 4) is 0 Å². The Hall–Kier alpha value is -1.39. The lowest BCUT2D eigenvalue weighted by Gasteiger charge is -2.43. The molecule has 1 amide bonds. The number of rotatable bonds is 2. The van der Waals surface area contributed by atoms with Crippen molar-refractivity contribution in [3.63, 3.8) is 0 Å². The number of carbonyl (C=O) groups is 1. The Morgan fingerprint density at radius 3 is 2.72 bits per heavy atom. The molecule has 6 rings (SSSR count). The molecule has 5 aliphatic rings. The number of ether oxygens (including phenoxy) is 1. The van der Waals surface area contributed by atoms with Crippen LogP contribution < -0.4 is 4.90 Å². The standard InChI is InChI=1S/C21H25NO3/c1-11-6-2-5-9-15(11)22-20(24)16-13-10-14-17(16)21(22,12-7-3-4-8-12)25-19(14)18(13)23/h2,5-6,9,12-14,16-19,23H,3-4,7-8,10H2,1H3. The number of aliphatic hydroxyl groups excluding tert-OH is 1. The predicted octanol–water partition coefficient (Wildman–Crippen LogP) is 2.87. The highest BCUT2D eigenvalue weighted by Gasteiger charge is 2.80. The minimum absolute atomic E-state index is 0.0426. The SMILES string of the molecule is Cc1ccccc1N1C(=O)C2C3CC4C(OC1(C1CCCC1)C42)C3O. The van der Waals surface area contributed by atoms with E-state index < -0.39 is 11.8 Å². The first-order valence-electron chi connectivity index (χ1n) is 9.90. The monoisotopic (exact) mass is 339 g/mol. The van der Waals surface area contributed by atoms with Gasteiger partial charge in [0.05, 0.1) is 18.1 Å². The molecule has 2 bridgehead atoms. The molecule has 3 saturated carbocycles. The largest absolute Gasteiger partial charge is 0.390 e. The molecule has 0 radical (unpaired) electrons. The number of anilines is 1. The third-order valence-corrected chi connectivity index (χ3v) is 8.00. The van der Waals surface area contributed by atoms with Crippen molar-refractivity contribution in [1.29, 1.82) is 0 Å². The van der Waals surface area contributed by atoms with Crippen LogP contribution in [0.3, 0.4) is 0 Å². The molecule has 0 aromatic heterocycles. The van der Waals surface area contributed by atoms with Gasteiger partial charge in [-0.25, -0.2) is 0 Å². The second-order valence-corrected chi connectivity index (χ2v) is 8.88. The van der Waals surface area contributed by atoms with E-state index in [-0.39, 0.29) is 29.8 Å². The molecule has 4 heteroatoms. The Labute approximate surface area is 148 Å². The number of hydrogen-bond acceptors (Lipinski definition) is 3. The van der Waals surface area contributed by atoms with E-state index in [1.165, 1.54) is 12.8 Å². The van der Waals surface area contributed by atoms with Gasteiger partial charge in [0.1, 0.15) is 0 Å². The maximum Gasteiger partial charge on any atom is 0.233 e. The first-order chi connectivity index (χ1) is 12.1. The van der Waals surface area contributed by atoms with Crippen LogP contribution in [0.5, 0.6) is 0 Å². The predicted molar refractivity (Wildman–Crippen MR) is 92.8 cm³/mol. The number of carbonyl (C=O) groups excluding carboxylic acids is 1. The smallest absolute Gasteiger partial charge is 0.233 e. The summed E-state index contributed by atoms with van der Waals surface area (Å²) in [5, 5.41) is 10.7. The summed E-state index contributed by atoms with van der Waals surface area (Å²) >= 11 is 0. The van der Waals surface area contributed by atoms with Gasteiger partial charge >= 0.3 is 0 Å². The zero-order valence-corrected chi connectivity index (χ0v) is 14.6. The summed E-state index contributed by atoms with van der Waals surface area (Å²) in [7, 11) is 0. The molecule has 7 unspecified atom stereocenters. The molecular weight excluding hydrogens is 314 g/mol. The van der Waals surface area contributed by atoms with Crippen LogP contribution in [-0.4, -0.2) is 28.9 Å². The van der Waals surface area contributed by atoms with Gasteiger partial charge in [-0.1, -0.05) is 31.0 Å². The minimum Gasteiger partial charge on any atom is -0.390 e. The van der Waals surface area contributed by atoms with Crippen LogP contribution in [0.25, 0.3) is 0 Å². The number of fused-ring (bicyclic) bond motifs is 2. The Kier molecular flexibility index (Phi) is 2.75. The van der Waals surface area contributed by atoms with Crippen molar-refractivity contribution in [3.05, 3.63) is 29.8 Å². The Morgan fingerprint density at radius 2 is 1.96 bits per heavy atom. The Morgan fingerprint density at radius 1 is 1.20 bits per heavy atom. The number of nitrogens with zero attached hydrogens (tertiary/aromatic N) is 1. The van der Waals surface area contributed by atoms with E-state index in [0.29, 0.717) is 11.8 Å². The summed E-state index contributed by atoms with van der Waals surface area (Å²) in [5.41, 5.74) is 1.64. The van der Waals surface area contributed by atoms with Gasteiger partial charge in [-0.05, 0) is 49.7 Å². The van der Waals surface area contributed by atoms with Crippen molar-refractivity contribution >= 4 is 11.6 Å². The van der Waals surface area contributed by atoms with Crippen LogP contribution in [-0.2, 0) is 9.53 Å². The van der Waals surface area contributed by atoms with Crippen LogP contribution >= 0.6 is 0 Å². The third kappa shape index (κ3) is 1.52. The van der Waals surface area contributed by atoms with E-state index in [1.54, 1.807) is 0 Å². The van der Waals surface area contributed by atoms with Gasteiger partial charge in [0.25, 0.3) is 0 Å². The van der Waals surface area contributed by atoms with Gasteiger partial charge in [0.2, 0.25) is 5.91 Å². The molecule has 7 atom stereocenters. The molecule has 1 N–H and O–H groups in total. The highest BCUT2D eigenvalue weighted by molar-refractivity contribution is 6.01. The van der Waals surface area contributed by atoms with E-state index in [0.717, 1.165) is 30.5 Å². The molecule has 1 aromatic carbocycles. The highest BCUT2D eigenvalue weighted by Crippen LogP contribution is 2.70. The average Bonchev–Trinajstić information content (AvgIpc) is 3.36. The number of aliphatic hydroxyl groups is 1. The summed E-state index contributed by atoms with van der Waals surface area (Å²) in [4.78, 5) is 15.7. The third-order valence-electron chi connectivity index (χ3n) is 8.00. The maximum atomic E-state index is 13.6. The zero-order valence-electron chi connectivity index (χ0n) is 14.6. The molecule has 3 aliphatic carbocycles. The topological polar surface area (TPSA) is 49.8 Å². The lowest BCUT2D eigenvalue weighted by Crippen LogP contribution is -2.55. The molecule has 132 valence electrons. The molecule has 2 aliphatic heterocycles. The van der Waals surface area contributed by atoms with Gasteiger partial charge in [-0.3, -0.25) is 9.69 Å². The second kappa shape index (κ2) is 4.66. The number of para-hydroxylation sites is 1. The quantitative estimate of drug-likeness (QED) is 0.901. The maximum absolute atomic E-state index is 13.6. The van der Waals surface area contributed by atoms with Gasteiger partial charge in [0, 0.05) is 17.5 Å². The van der Waals surface area contributed by atoms with Crippen LogP contribution in [0.15, 0.2) is 24.3 Å². The van der Waals surface area contributed by atoms with Crippen molar-refractivity contribution in [2.45, 2.75) is 57.0 Å². The zero-order chi connectivity index (χ0) is 16.9. The minimum atomic E-state index is -0.508. The Balaban J connectivity index is 1.57. The molecule has 4 nitrogen and oxygen atoms in total.